The highest BCUT2D eigenvalue weighted by Crippen LogP contribution is 2.33. The number of thiazole rings is 1. The Bertz CT molecular complexity index is 819. The second kappa shape index (κ2) is 6.87. The molecule has 0 unspecified atom stereocenters. The molecule has 0 fully saturated rings. The van der Waals surface area contributed by atoms with Gasteiger partial charge in [-0.15, -0.1) is 11.3 Å². The van der Waals surface area contributed by atoms with Crippen LogP contribution in [0.5, 0.6) is 0 Å². The fourth-order valence-corrected chi connectivity index (χ4v) is 3.54. The van der Waals surface area contributed by atoms with E-state index in [0.29, 0.717) is 0 Å². The van der Waals surface area contributed by atoms with Crippen molar-refractivity contribution in [2.24, 2.45) is 0 Å². The van der Waals surface area contributed by atoms with Gasteiger partial charge in [-0.25, -0.2) is 9.97 Å². The van der Waals surface area contributed by atoms with E-state index in [2.05, 4.69) is 59.6 Å². The third-order valence-electron chi connectivity index (χ3n) is 4.32. The Labute approximate surface area is 147 Å². The maximum absolute atomic E-state index is 5.51. The number of imidazole rings is 1. The first-order valence-corrected chi connectivity index (χ1v) is 8.90. The number of aryl methyl sites for hydroxylation is 2. The highest BCUT2D eigenvalue weighted by Gasteiger charge is 2.18. The molecule has 0 saturated carbocycles. The van der Waals surface area contributed by atoms with E-state index in [4.69, 9.17) is 4.74 Å². The molecule has 1 aromatic carbocycles. The monoisotopic (exact) mass is 341 g/mol. The average Bonchev–Trinajstić information content (AvgIpc) is 3.22. The maximum atomic E-state index is 5.51. The largest absolute Gasteiger partial charge is 0.379 e. The van der Waals surface area contributed by atoms with Crippen molar-refractivity contribution >= 4 is 11.3 Å². The zero-order valence-electron chi connectivity index (χ0n) is 14.6. The van der Waals surface area contributed by atoms with E-state index in [0.717, 1.165) is 28.7 Å². The fourth-order valence-electron chi connectivity index (χ4n) is 2.52. The molecule has 0 atom stereocenters. The Kier molecular flexibility index (Phi) is 4.83. The molecule has 3 aromatic rings. The molecule has 0 saturated heterocycles. The summed E-state index contributed by atoms with van der Waals surface area (Å²) >= 11 is 1.69. The Balaban J connectivity index is 1.84. The Hall–Kier alpha value is -1.98. The predicted octanol–water partition coefficient (Wildman–Crippen LogP) is 4.80. The molecule has 0 bridgehead atoms. The Morgan fingerprint density at radius 1 is 1.21 bits per heavy atom. The standard InChI is InChI=1S/C19H23N3OS/c1-14-7-5-6-8-15(14)18-21-13-16(24-18)17-20-10-12-22(17)11-9-19(2,3)23-4/h5-8,10,12-13H,9,11H2,1-4H3. The maximum Gasteiger partial charge on any atom is 0.151 e. The van der Waals surface area contributed by atoms with Crippen LogP contribution in [-0.4, -0.2) is 27.2 Å². The molecule has 24 heavy (non-hydrogen) atoms. The van der Waals surface area contributed by atoms with Gasteiger partial charge in [-0.3, -0.25) is 0 Å². The van der Waals surface area contributed by atoms with Crippen LogP contribution in [0.2, 0.25) is 0 Å². The molecule has 2 aromatic heterocycles. The van der Waals surface area contributed by atoms with Crippen LogP contribution in [0.15, 0.2) is 42.9 Å². The molecule has 2 heterocycles. The van der Waals surface area contributed by atoms with Gasteiger partial charge in [0.15, 0.2) is 5.82 Å². The third kappa shape index (κ3) is 3.57. The molecule has 3 rings (SSSR count). The van der Waals surface area contributed by atoms with Crippen molar-refractivity contribution in [1.29, 1.82) is 0 Å². The van der Waals surface area contributed by atoms with Gasteiger partial charge in [0.1, 0.15) is 5.01 Å². The Morgan fingerprint density at radius 3 is 2.75 bits per heavy atom. The smallest absolute Gasteiger partial charge is 0.151 e. The van der Waals surface area contributed by atoms with E-state index in [1.807, 2.05) is 18.6 Å². The quantitative estimate of drug-likeness (QED) is 0.647. The van der Waals surface area contributed by atoms with Gasteiger partial charge in [-0.2, -0.15) is 0 Å². The van der Waals surface area contributed by atoms with E-state index < -0.39 is 0 Å². The number of nitrogens with zero attached hydrogens (tertiary/aromatic N) is 3. The van der Waals surface area contributed by atoms with Crippen molar-refractivity contribution in [2.75, 3.05) is 7.11 Å². The van der Waals surface area contributed by atoms with Gasteiger partial charge in [0, 0.05) is 37.8 Å². The van der Waals surface area contributed by atoms with Gasteiger partial charge in [-0.1, -0.05) is 24.3 Å². The SMILES string of the molecule is COC(C)(C)CCn1ccnc1-c1cnc(-c2ccccc2C)s1. The molecule has 5 heteroatoms. The number of methoxy groups -OCH3 is 1. The lowest BCUT2D eigenvalue weighted by Gasteiger charge is -2.23. The molecular weight excluding hydrogens is 318 g/mol. The first-order valence-electron chi connectivity index (χ1n) is 8.09. The van der Waals surface area contributed by atoms with E-state index in [1.165, 1.54) is 11.1 Å². The first kappa shape index (κ1) is 16.9. The van der Waals surface area contributed by atoms with Crippen LogP contribution in [0.25, 0.3) is 21.3 Å². The van der Waals surface area contributed by atoms with Crippen LogP contribution < -0.4 is 0 Å². The van der Waals surface area contributed by atoms with Crippen LogP contribution >= 0.6 is 11.3 Å². The molecule has 0 aliphatic heterocycles. The highest BCUT2D eigenvalue weighted by atomic mass is 32.1. The zero-order valence-corrected chi connectivity index (χ0v) is 15.4. The van der Waals surface area contributed by atoms with Crippen LogP contribution in [0.1, 0.15) is 25.8 Å². The van der Waals surface area contributed by atoms with Crippen molar-refractivity contribution in [3.05, 3.63) is 48.4 Å². The summed E-state index contributed by atoms with van der Waals surface area (Å²) in [7, 11) is 1.76. The number of hydrogen-bond acceptors (Lipinski definition) is 4. The normalized spacial score (nSPS) is 11.8. The van der Waals surface area contributed by atoms with Crippen LogP contribution in [0.4, 0.5) is 0 Å². The summed E-state index contributed by atoms with van der Waals surface area (Å²) < 4.78 is 7.69. The van der Waals surface area contributed by atoms with Gasteiger partial charge in [0.25, 0.3) is 0 Å². The van der Waals surface area contributed by atoms with Crippen molar-refractivity contribution in [3.63, 3.8) is 0 Å². The second-order valence-electron chi connectivity index (χ2n) is 6.50. The summed E-state index contributed by atoms with van der Waals surface area (Å²) in [6, 6.07) is 8.34. The average molecular weight is 341 g/mol. The summed E-state index contributed by atoms with van der Waals surface area (Å²) in [5.74, 6) is 0.972. The first-order chi connectivity index (χ1) is 11.5. The number of rotatable bonds is 6. The van der Waals surface area contributed by atoms with Crippen molar-refractivity contribution in [2.45, 2.75) is 39.3 Å². The minimum Gasteiger partial charge on any atom is -0.379 e. The molecule has 0 aliphatic carbocycles. The van der Waals surface area contributed by atoms with Crippen LogP contribution in [0.3, 0.4) is 0 Å². The van der Waals surface area contributed by atoms with Gasteiger partial charge in [-0.05, 0) is 32.8 Å². The minimum atomic E-state index is -0.137. The second-order valence-corrected chi connectivity index (χ2v) is 7.53. The molecule has 0 aliphatic rings. The van der Waals surface area contributed by atoms with Crippen LogP contribution in [-0.2, 0) is 11.3 Å². The van der Waals surface area contributed by atoms with Gasteiger partial charge in [0.05, 0.1) is 10.5 Å². The van der Waals surface area contributed by atoms with Gasteiger partial charge >= 0.3 is 0 Å². The highest BCUT2D eigenvalue weighted by molar-refractivity contribution is 7.18. The lowest BCUT2D eigenvalue weighted by Crippen LogP contribution is -2.24. The van der Waals surface area contributed by atoms with E-state index >= 15 is 0 Å². The Morgan fingerprint density at radius 2 is 2.00 bits per heavy atom. The van der Waals surface area contributed by atoms with Crippen LogP contribution in [0, 0.1) is 6.92 Å². The molecule has 0 spiro atoms. The van der Waals surface area contributed by atoms with Crippen molar-refractivity contribution in [3.8, 4) is 21.3 Å². The summed E-state index contributed by atoms with van der Waals surface area (Å²) in [5, 5.41) is 1.04. The van der Waals surface area contributed by atoms with E-state index in [1.54, 1.807) is 18.4 Å². The lowest BCUT2D eigenvalue weighted by atomic mass is 10.1. The summed E-state index contributed by atoms with van der Waals surface area (Å²) in [5.41, 5.74) is 2.29. The van der Waals surface area contributed by atoms with E-state index in [9.17, 15) is 0 Å². The number of benzene rings is 1. The molecule has 0 radical (unpaired) electrons. The summed E-state index contributed by atoms with van der Waals surface area (Å²) in [6.45, 7) is 7.19. The van der Waals surface area contributed by atoms with Gasteiger partial charge in [0.2, 0.25) is 0 Å². The summed E-state index contributed by atoms with van der Waals surface area (Å²) in [6.07, 6.45) is 6.72. The lowest BCUT2D eigenvalue weighted by molar-refractivity contribution is 0.0121. The number of ether oxygens (including phenoxy) is 1. The minimum absolute atomic E-state index is 0.137. The zero-order chi connectivity index (χ0) is 17.2. The molecule has 126 valence electrons. The van der Waals surface area contributed by atoms with Gasteiger partial charge < -0.3 is 9.30 Å². The molecule has 0 N–H and O–H groups in total. The third-order valence-corrected chi connectivity index (χ3v) is 5.35. The molecular formula is C19H23N3OS. The topological polar surface area (TPSA) is 39.9 Å². The number of hydrogen-bond donors (Lipinski definition) is 0. The van der Waals surface area contributed by atoms with Crippen molar-refractivity contribution in [1.82, 2.24) is 14.5 Å². The molecule has 0 amide bonds. The predicted molar refractivity (Wildman–Crippen MR) is 99.2 cm³/mol. The van der Waals surface area contributed by atoms with E-state index in [-0.39, 0.29) is 5.60 Å². The van der Waals surface area contributed by atoms with Crippen molar-refractivity contribution < 1.29 is 4.74 Å². The fraction of sp³-hybridized carbons (Fsp3) is 0.368. The number of aromatic nitrogens is 3. The summed E-state index contributed by atoms with van der Waals surface area (Å²) in [4.78, 5) is 10.2. The molecule has 4 nitrogen and oxygen atoms in total.